The monoisotopic (exact) mass is 266 g/mol. The summed E-state index contributed by atoms with van der Waals surface area (Å²) in [6.07, 6.45) is -0.627. The van der Waals surface area contributed by atoms with Crippen molar-refractivity contribution in [1.29, 1.82) is 0 Å². The summed E-state index contributed by atoms with van der Waals surface area (Å²) >= 11 is 0. The molecule has 108 valence electrons. The number of aryl methyl sites for hydroxylation is 3. The van der Waals surface area contributed by atoms with Gasteiger partial charge in [0, 0.05) is 19.6 Å². The van der Waals surface area contributed by atoms with E-state index in [9.17, 15) is 5.11 Å². The van der Waals surface area contributed by atoms with E-state index in [2.05, 4.69) is 32.9 Å². The first kappa shape index (κ1) is 16.2. The Morgan fingerprint density at radius 2 is 1.47 bits per heavy atom. The number of aliphatic hydroxyl groups excluding tert-OH is 1. The molecule has 0 aromatic heterocycles. The van der Waals surface area contributed by atoms with E-state index in [-0.39, 0.29) is 0 Å². The largest absolute Gasteiger partial charge is 0.387 e. The van der Waals surface area contributed by atoms with E-state index in [1.165, 1.54) is 22.3 Å². The van der Waals surface area contributed by atoms with Gasteiger partial charge in [-0.15, -0.1) is 0 Å². The molecule has 3 heteroatoms. The zero-order valence-electron chi connectivity index (χ0n) is 12.7. The zero-order valence-corrected chi connectivity index (χ0v) is 12.7. The van der Waals surface area contributed by atoms with E-state index in [1.807, 2.05) is 13.8 Å². The predicted octanol–water partition coefficient (Wildman–Crippen LogP) is 2.91. The molecule has 0 spiro atoms. The maximum absolute atomic E-state index is 10.3. The molecular weight excluding hydrogens is 240 g/mol. The summed E-state index contributed by atoms with van der Waals surface area (Å²) in [5.41, 5.74) is 4.86. The fourth-order valence-corrected chi connectivity index (χ4v) is 2.44. The molecule has 19 heavy (non-hydrogen) atoms. The minimum atomic E-state index is -0.639. The molecule has 1 aromatic rings. The number of hydrogen-bond donors (Lipinski definition) is 1. The van der Waals surface area contributed by atoms with Crippen LogP contribution in [0.1, 0.15) is 36.1 Å². The van der Waals surface area contributed by atoms with Crippen molar-refractivity contribution >= 4 is 0 Å². The van der Waals surface area contributed by atoms with Gasteiger partial charge in [0.2, 0.25) is 0 Å². The van der Waals surface area contributed by atoms with Crippen molar-refractivity contribution in [3.63, 3.8) is 0 Å². The normalized spacial score (nSPS) is 13.0. The minimum Gasteiger partial charge on any atom is -0.387 e. The highest BCUT2D eigenvalue weighted by atomic mass is 16.7. The fraction of sp³-hybridized carbons (Fsp3) is 0.625. The molecule has 0 saturated carbocycles. The lowest BCUT2D eigenvalue weighted by Crippen LogP contribution is -2.34. The molecule has 1 unspecified atom stereocenters. The van der Waals surface area contributed by atoms with Gasteiger partial charge in [-0.1, -0.05) is 17.7 Å². The highest BCUT2D eigenvalue weighted by Crippen LogP contribution is 2.20. The van der Waals surface area contributed by atoms with Crippen LogP contribution >= 0.6 is 0 Å². The van der Waals surface area contributed by atoms with Crippen LogP contribution in [0.25, 0.3) is 0 Å². The Hall–Kier alpha value is -0.900. The lowest BCUT2D eigenvalue weighted by Gasteiger charge is -2.24. The molecule has 0 saturated heterocycles. The number of rotatable bonds is 7. The molecule has 1 aromatic carbocycles. The van der Waals surface area contributed by atoms with Crippen molar-refractivity contribution in [2.45, 2.75) is 53.4 Å². The van der Waals surface area contributed by atoms with Crippen molar-refractivity contribution in [2.75, 3.05) is 13.2 Å². The Balaban J connectivity index is 2.82. The van der Waals surface area contributed by atoms with Crippen LogP contribution in [-0.4, -0.2) is 30.7 Å². The Kier molecular flexibility index (Phi) is 6.49. The van der Waals surface area contributed by atoms with Crippen LogP contribution in [0, 0.1) is 20.8 Å². The Morgan fingerprint density at radius 3 is 1.89 bits per heavy atom. The molecule has 0 aliphatic heterocycles. The molecule has 0 heterocycles. The van der Waals surface area contributed by atoms with E-state index in [0.29, 0.717) is 19.6 Å². The predicted molar refractivity (Wildman–Crippen MR) is 77.4 cm³/mol. The van der Waals surface area contributed by atoms with Gasteiger partial charge in [-0.2, -0.15) is 0 Å². The van der Waals surface area contributed by atoms with E-state index >= 15 is 0 Å². The van der Waals surface area contributed by atoms with E-state index in [4.69, 9.17) is 9.47 Å². The number of benzene rings is 1. The van der Waals surface area contributed by atoms with Crippen LogP contribution in [0.2, 0.25) is 0 Å². The summed E-state index contributed by atoms with van der Waals surface area (Å²) in [5, 5.41) is 10.3. The molecule has 0 amide bonds. The number of hydrogen-bond acceptors (Lipinski definition) is 3. The zero-order chi connectivity index (χ0) is 14.4. The molecule has 0 fully saturated rings. The Labute approximate surface area is 116 Å². The minimum absolute atomic E-state index is 0.535. The molecule has 1 rings (SSSR count). The van der Waals surface area contributed by atoms with Gasteiger partial charge in [-0.25, -0.2) is 0 Å². The summed E-state index contributed by atoms with van der Waals surface area (Å²) in [7, 11) is 0. The molecule has 0 bridgehead atoms. The second-order valence-corrected chi connectivity index (χ2v) is 4.93. The molecule has 1 atom stereocenters. The molecule has 3 nitrogen and oxygen atoms in total. The van der Waals surface area contributed by atoms with Crippen molar-refractivity contribution in [1.82, 2.24) is 0 Å². The third-order valence-electron chi connectivity index (χ3n) is 3.23. The van der Waals surface area contributed by atoms with Crippen molar-refractivity contribution in [3.8, 4) is 0 Å². The van der Waals surface area contributed by atoms with Gasteiger partial charge >= 0.3 is 0 Å². The third-order valence-corrected chi connectivity index (χ3v) is 3.23. The van der Waals surface area contributed by atoms with Crippen LogP contribution in [0.15, 0.2) is 12.1 Å². The van der Waals surface area contributed by atoms with E-state index in [1.54, 1.807) is 0 Å². The van der Waals surface area contributed by atoms with Crippen LogP contribution in [-0.2, 0) is 15.9 Å². The summed E-state index contributed by atoms with van der Waals surface area (Å²) in [4.78, 5) is 0. The van der Waals surface area contributed by atoms with Crippen LogP contribution < -0.4 is 0 Å². The summed E-state index contributed by atoms with van der Waals surface area (Å²) in [5.74, 6) is 0. The van der Waals surface area contributed by atoms with E-state index < -0.39 is 12.4 Å². The maximum Gasteiger partial charge on any atom is 0.183 e. The highest BCUT2D eigenvalue weighted by Gasteiger charge is 2.21. The molecule has 0 aliphatic rings. The van der Waals surface area contributed by atoms with Gasteiger partial charge < -0.3 is 14.6 Å². The standard InChI is InChI=1S/C16H26O3/c1-6-18-16(19-7-2)15(17)10-14-12(4)8-11(3)9-13(14)5/h8-9,15-17H,6-7,10H2,1-5H3. The van der Waals surface area contributed by atoms with E-state index in [0.717, 1.165) is 0 Å². The SMILES string of the molecule is CCOC(OCC)C(O)Cc1c(C)cc(C)cc1C. The van der Waals surface area contributed by atoms with Gasteiger partial charge in [-0.05, 0) is 51.3 Å². The fourth-order valence-electron chi connectivity index (χ4n) is 2.44. The molecule has 0 aliphatic carbocycles. The quantitative estimate of drug-likeness (QED) is 0.771. The second kappa shape index (κ2) is 7.63. The van der Waals surface area contributed by atoms with Gasteiger partial charge in [-0.3, -0.25) is 0 Å². The number of ether oxygens (including phenoxy) is 2. The summed E-state index contributed by atoms with van der Waals surface area (Å²) in [6, 6.07) is 4.29. The summed E-state index contributed by atoms with van der Waals surface area (Å²) < 4.78 is 10.9. The lowest BCUT2D eigenvalue weighted by atomic mass is 9.95. The van der Waals surface area contributed by atoms with Gasteiger partial charge in [0.15, 0.2) is 6.29 Å². The molecule has 0 radical (unpaired) electrons. The van der Waals surface area contributed by atoms with Gasteiger partial charge in [0.05, 0.1) is 0 Å². The first-order valence-electron chi connectivity index (χ1n) is 6.97. The van der Waals surface area contributed by atoms with Crippen molar-refractivity contribution in [3.05, 3.63) is 34.4 Å². The average molecular weight is 266 g/mol. The molecule has 1 N–H and O–H groups in total. The lowest BCUT2D eigenvalue weighted by molar-refractivity contribution is -0.188. The second-order valence-electron chi connectivity index (χ2n) is 4.93. The van der Waals surface area contributed by atoms with Crippen LogP contribution in [0.3, 0.4) is 0 Å². The first-order valence-corrected chi connectivity index (χ1v) is 6.97. The van der Waals surface area contributed by atoms with Gasteiger partial charge in [0.25, 0.3) is 0 Å². The van der Waals surface area contributed by atoms with Crippen molar-refractivity contribution < 1.29 is 14.6 Å². The molecular formula is C16H26O3. The van der Waals surface area contributed by atoms with Crippen LogP contribution in [0.4, 0.5) is 0 Å². The Morgan fingerprint density at radius 1 is 1.00 bits per heavy atom. The Bertz CT molecular complexity index is 372. The smallest absolute Gasteiger partial charge is 0.183 e. The van der Waals surface area contributed by atoms with Gasteiger partial charge in [0.1, 0.15) is 6.10 Å². The summed E-state index contributed by atoms with van der Waals surface area (Å²) in [6.45, 7) is 11.1. The van der Waals surface area contributed by atoms with Crippen molar-refractivity contribution in [2.24, 2.45) is 0 Å². The topological polar surface area (TPSA) is 38.7 Å². The maximum atomic E-state index is 10.3. The average Bonchev–Trinajstić information content (AvgIpc) is 2.33. The first-order chi connectivity index (χ1) is 8.99. The third kappa shape index (κ3) is 4.60. The number of aliphatic hydroxyl groups is 1. The highest BCUT2D eigenvalue weighted by molar-refractivity contribution is 5.37. The van der Waals surface area contributed by atoms with Crippen LogP contribution in [0.5, 0.6) is 0 Å².